The zero-order valence-electron chi connectivity index (χ0n) is 10.2. The molecule has 2 rings (SSSR count). The molecule has 0 spiro atoms. The van der Waals surface area contributed by atoms with Gasteiger partial charge in [-0.2, -0.15) is 0 Å². The molecule has 0 aliphatic carbocycles. The molecule has 0 saturated carbocycles. The molecular formula is C15H15FIN. The molecule has 0 fully saturated rings. The Kier molecular flexibility index (Phi) is 4.72. The first kappa shape index (κ1) is 13.5. The molecule has 3 heteroatoms. The van der Waals surface area contributed by atoms with Gasteiger partial charge in [0.25, 0.3) is 0 Å². The van der Waals surface area contributed by atoms with Crippen molar-refractivity contribution in [2.24, 2.45) is 0 Å². The van der Waals surface area contributed by atoms with Gasteiger partial charge in [-0.3, -0.25) is 0 Å². The van der Waals surface area contributed by atoms with Crippen molar-refractivity contribution in [3.63, 3.8) is 0 Å². The average Bonchev–Trinajstić information content (AvgIpc) is 2.38. The van der Waals surface area contributed by atoms with Crippen LogP contribution in [0, 0.1) is 9.39 Å². The Bertz CT molecular complexity index is 510. The summed E-state index contributed by atoms with van der Waals surface area (Å²) in [7, 11) is 0. The molecule has 0 amide bonds. The highest BCUT2D eigenvalue weighted by Gasteiger charge is 2.05. The zero-order chi connectivity index (χ0) is 13.0. The van der Waals surface area contributed by atoms with Gasteiger partial charge >= 0.3 is 0 Å². The molecule has 0 aliphatic heterocycles. The molecule has 0 heterocycles. The number of hydrogen-bond acceptors (Lipinski definition) is 1. The van der Waals surface area contributed by atoms with Crippen LogP contribution >= 0.6 is 22.6 Å². The van der Waals surface area contributed by atoms with Gasteiger partial charge in [-0.05, 0) is 64.9 Å². The van der Waals surface area contributed by atoms with E-state index in [1.807, 2.05) is 13.0 Å². The lowest BCUT2D eigenvalue weighted by Crippen LogP contribution is -2.18. The van der Waals surface area contributed by atoms with Crippen LogP contribution in [0.15, 0.2) is 48.5 Å². The molecule has 18 heavy (non-hydrogen) atoms. The van der Waals surface area contributed by atoms with Crippen LogP contribution in [0.1, 0.15) is 24.1 Å². The van der Waals surface area contributed by atoms with Crippen molar-refractivity contribution < 1.29 is 4.39 Å². The summed E-state index contributed by atoms with van der Waals surface area (Å²) in [5.74, 6) is -0.185. The van der Waals surface area contributed by atoms with Crippen molar-refractivity contribution in [3.8, 4) is 0 Å². The predicted molar refractivity (Wildman–Crippen MR) is 80.8 cm³/mol. The summed E-state index contributed by atoms with van der Waals surface area (Å²) in [6.45, 7) is 2.83. The summed E-state index contributed by atoms with van der Waals surface area (Å²) < 4.78 is 14.3. The summed E-state index contributed by atoms with van der Waals surface area (Å²) >= 11 is 2.29. The fraction of sp³-hybridized carbons (Fsp3) is 0.200. The first-order valence-electron chi connectivity index (χ1n) is 5.88. The number of hydrogen-bond donors (Lipinski definition) is 1. The minimum Gasteiger partial charge on any atom is -0.306 e. The maximum Gasteiger partial charge on any atom is 0.123 e. The van der Waals surface area contributed by atoms with Crippen LogP contribution in [0.4, 0.5) is 4.39 Å². The lowest BCUT2D eigenvalue weighted by Gasteiger charge is -2.14. The van der Waals surface area contributed by atoms with Gasteiger partial charge in [0, 0.05) is 16.2 Å². The first-order chi connectivity index (χ1) is 8.65. The number of nitrogens with one attached hydrogen (secondary N) is 1. The second kappa shape index (κ2) is 6.29. The molecule has 1 unspecified atom stereocenters. The Morgan fingerprint density at radius 2 is 1.89 bits per heavy atom. The zero-order valence-corrected chi connectivity index (χ0v) is 12.3. The highest BCUT2D eigenvalue weighted by molar-refractivity contribution is 14.1. The predicted octanol–water partition coefficient (Wildman–Crippen LogP) is 4.28. The third-order valence-corrected chi connectivity index (χ3v) is 3.59. The van der Waals surface area contributed by atoms with E-state index >= 15 is 0 Å². The van der Waals surface area contributed by atoms with Gasteiger partial charge in [0.05, 0.1) is 0 Å². The minimum atomic E-state index is -0.185. The van der Waals surface area contributed by atoms with Crippen molar-refractivity contribution in [2.45, 2.75) is 19.5 Å². The number of halogens is 2. The molecule has 94 valence electrons. The second-order valence-corrected chi connectivity index (χ2v) is 5.53. The third kappa shape index (κ3) is 3.78. The molecular weight excluding hydrogens is 340 g/mol. The lowest BCUT2D eigenvalue weighted by molar-refractivity contribution is 0.565. The Morgan fingerprint density at radius 3 is 2.56 bits per heavy atom. The first-order valence-corrected chi connectivity index (χ1v) is 6.96. The minimum absolute atomic E-state index is 0.139. The summed E-state index contributed by atoms with van der Waals surface area (Å²) in [5, 5.41) is 3.39. The Labute approximate surface area is 121 Å². The van der Waals surface area contributed by atoms with E-state index in [1.54, 1.807) is 12.1 Å². The molecule has 2 aromatic carbocycles. The summed E-state index contributed by atoms with van der Waals surface area (Å²) in [5.41, 5.74) is 2.21. The van der Waals surface area contributed by atoms with Gasteiger partial charge in [0.1, 0.15) is 5.82 Å². The Balaban J connectivity index is 1.96. The van der Waals surface area contributed by atoms with Crippen molar-refractivity contribution in [1.82, 2.24) is 5.32 Å². The lowest BCUT2D eigenvalue weighted by atomic mass is 10.1. The van der Waals surface area contributed by atoms with Crippen LogP contribution in [0.5, 0.6) is 0 Å². The largest absolute Gasteiger partial charge is 0.306 e. The van der Waals surface area contributed by atoms with Gasteiger partial charge in [0.15, 0.2) is 0 Å². The van der Waals surface area contributed by atoms with Crippen LogP contribution in [0.25, 0.3) is 0 Å². The van der Waals surface area contributed by atoms with Crippen molar-refractivity contribution in [1.29, 1.82) is 0 Å². The molecule has 1 nitrogen and oxygen atoms in total. The molecule has 0 saturated heterocycles. The van der Waals surface area contributed by atoms with E-state index in [-0.39, 0.29) is 11.9 Å². The van der Waals surface area contributed by atoms with E-state index in [4.69, 9.17) is 0 Å². The molecule has 0 aliphatic rings. The van der Waals surface area contributed by atoms with Crippen LogP contribution < -0.4 is 5.32 Å². The quantitative estimate of drug-likeness (QED) is 0.808. The molecule has 0 radical (unpaired) electrons. The summed E-state index contributed by atoms with van der Waals surface area (Å²) in [6.07, 6.45) is 0. The molecule has 0 aromatic heterocycles. The summed E-state index contributed by atoms with van der Waals surface area (Å²) in [4.78, 5) is 0. The van der Waals surface area contributed by atoms with E-state index in [9.17, 15) is 4.39 Å². The van der Waals surface area contributed by atoms with Gasteiger partial charge in [0.2, 0.25) is 0 Å². The SMILES string of the molecule is CC(NCc1ccc(I)cc1)c1cccc(F)c1. The highest BCUT2D eigenvalue weighted by atomic mass is 127. The number of rotatable bonds is 4. The van der Waals surface area contributed by atoms with Gasteiger partial charge in [-0.25, -0.2) is 4.39 Å². The van der Waals surface area contributed by atoms with Crippen molar-refractivity contribution in [2.75, 3.05) is 0 Å². The van der Waals surface area contributed by atoms with Crippen LogP contribution in [-0.4, -0.2) is 0 Å². The normalized spacial score (nSPS) is 12.4. The average molecular weight is 355 g/mol. The standard InChI is InChI=1S/C15H15FIN/c1-11(13-3-2-4-14(16)9-13)18-10-12-5-7-15(17)8-6-12/h2-9,11,18H,10H2,1H3. The number of benzene rings is 2. The van der Waals surface area contributed by atoms with E-state index in [0.29, 0.717) is 0 Å². The summed E-state index contributed by atoms with van der Waals surface area (Å²) in [6, 6.07) is 15.2. The Morgan fingerprint density at radius 1 is 1.17 bits per heavy atom. The monoisotopic (exact) mass is 355 g/mol. The van der Waals surface area contributed by atoms with Crippen LogP contribution in [-0.2, 0) is 6.54 Å². The highest BCUT2D eigenvalue weighted by Crippen LogP contribution is 2.14. The Hall–Kier alpha value is -0.940. The molecule has 1 N–H and O–H groups in total. The molecule has 1 atom stereocenters. The van der Waals surface area contributed by atoms with Crippen molar-refractivity contribution >= 4 is 22.6 Å². The molecule has 2 aromatic rings. The van der Waals surface area contributed by atoms with Gasteiger partial charge in [-0.15, -0.1) is 0 Å². The van der Waals surface area contributed by atoms with E-state index in [2.05, 4.69) is 52.2 Å². The second-order valence-electron chi connectivity index (χ2n) is 4.28. The van der Waals surface area contributed by atoms with Crippen molar-refractivity contribution in [3.05, 3.63) is 69.0 Å². The van der Waals surface area contributed by atoms with Gasteiger partial charge < -0.3 is 5.32 Å². The van der Waals surface area contributed by atoms with E-state index < -0.39 is 0 Å². The van der Waals surface area contributed by atoms with Crippen LogP contribution in [0.2, 0.25) is 0 Å². The maximum absolute atomic E-state index is 13.1. The van der Waals surface area contributed by atoms with E-state index in [0.717, 1.165) is 12.1 Å². The third-order valence-electron chi connectivity index (χ3n) is 2.87. The fourth-order valence-corrected chi connectivity index (χ4v) is 2.13. The van der Waals surface area contributed by atoms with Gasteiger partial charge in [-0.1, -0.05) is 24.3 Å². The van der Waals surface area contributed by atoms with Crippen LogP contribution in [0.3, 0.4) is 0 Å². The van der Waals surface area contributed by atoms with E-state index in [1.165, 1.54) is 15.2 Å². The topological polar surface area (TPSA) is 12.0 Å². The maximum atomic E-state index is 13.1. The molecule has 0 bridgehead atoms. The fourth-order valence-electron chi connectivity index (χ4n) is 1.77. The smallest absolute Gasteiger partial charge is 0.123 e.